The van der Waals surface area contributed by atoms with Crippen molar-refractivity contribution in [2.75, 3.05) is 22.0 Å². The predicted octanol–water partition coefficient (Wildman–Crippen LogP) is 1.58. The van der Waals surface area contributed by atoms with Crippen molar-refractivity contribution in [3.05, 3.63) is 36.4 Å². The Labute approximate surface area is 117 Å². The van der Waals surface area contributed by atoms with Gasteiger partial charge in [0.05, 0.1) is 23.9 Å². The monoisotopic (exact) mass is 314 g/mol. The first kappa shape index (κ1) is 14.6. The lowest BCUT2D eigenvalue weighted by Crippen LogP contribution is -2.11. The molecular weight excluding hydrogens is 300 g/mol. The van der Waals surface area contributed by atoms with Crippen molar-refractivity contribution in [3.63, 3.8) is 0 Å². The molecule has 0 heterocycles. The fourth-order valence-corrected chi connectivity index (χ4v) is 3.04. The lowest BCUT2D eigenvalue weighted by Gasteiger charge is -2.11. The molecule has 0 fully saturated rings. The van der Waals surface area contributed by atoms with Crippen LogP contribution >= 0.6 is 0 Å². The van der Waals surface area contributed by atoms with Gasteiger partial charge in [-0.05, 0) is 12.1 Å². The fourth-order valence-electron chi connectivity index (χ4n) is 1.89. The highest BCUT2D eigenvalue weighted by molar-refractivity contribution is 7.92. The Morgan fingerprint density at radius 2 is 1.05 bits per heavy atom. The van der Waals surface area contributed by atoms with Crippen LogP contribution in [0.2, 0.25) is 0 Å². The van der Waals surface area contributed by atoms with Crippen LogP contribution in [0.4, 0.5) is 11.4 Å². The first-order valence-electron chi connectivity index (χ1n) is 5.63. The van der Waals surface area contributed by atoms with Gasteiger partial charge in [0, 0.05) is 10.8 Å². The minimum absolute atomic E-state index is 0.405. The molecule has 0 radical (unpaired) electrons. The SMILES string of the molecule is CS(=O)(=O)Nc1cccc2c(NS(C)(=O)=O)cccc12. The molecule has 20 heavy (non-hydrogen) atoms. The number of sulfonamides is 2. The summed E-state index contributed by atoms with van der Waals surface area (Å²) in [7, 11) is -6.81. The van der Waals surface area contributed by atoms with E-state index in [9.17, 15) is 16.8 Å². The second-order valence-corrected chi connectivity index (χ2v) is 7.95. The third-order valence-electron chi connectivity index (χ3n) is 2.51. The summed E-state index contributed by atoms with van der Waals surface area (Å²) in [5, 5.41) is 1.23. The average Bonchev–Trinajstić information content (AvgIpc) is 2.26. The van der Waals surface area contributed by atoms with Gasteiger partial charge < -0.3 is 0 Å². The minimum Gasteiger partial charge on any atom is -0.283 e. The number of benzene rings is 2. The van der Waals surface area contributed by atoms with Gasteiger partial charge in [0.2, 0.25) is 20.0 Å². The third kappa shape index (κ3) is 3.61. The molecule has 0 bridgehead atoms. The van der Waals surface area contributed by atoms with E-state index in [1.54, 1.807) is 36.4 Å². The Morgan fingerprint density at radius 3 is 1.35 bits per heavy atom. The van der Waals surface area contributed by atoms with E-state index in [1.807, 2.05) is 0 Å². The number of fused-ring (bicyclic) bond motifs is 1. The molecule has 6 nitrogen and oxygen atoms in total. The number of nitrogens with one attached hydrogen (secondary N) is 2. The molecule has 0 aliphatic rings. The summed E-state index contributed by atoms with van der Waals surface area (Å²) in [5.74, 6) is 0. The molecule has 0 spiro atoms. The van der Waals surface area contributed by atoms with E-state index in [-0.39, 0.29) is 0 Å². The molecule has 2 rings (SSSR count). The van der Waals surface area contributed by atoms with Gasteiger partial charge in [0.25, 0.3) is 0 Å². The van der Waals surface area contributed by atoms with Crippen molar-refractivity contribution < 1.29 is 16.8 Å². The normalized spacial score (nSPS) is 12.3. The quantitative estimate of drug-likeness (QED) is 0.896. The van der Waals surface area contributed by atoms with Crippen LogP contribution in [0.25, 0.3) is 10.8 Å². The number of anilines is 2. The van der Waals surface area contributed by atoms with Crippen molar-refractivity contribution in [2.24, 2.45) is 0 Å². The summed E-state index contributed by atoms with van der Waals surface area (Å²) in [6, 6.07) is 9.99. The Morgan fingerprint density at radius 1 is 0.700 bits per heavy atom. The fraction of sp³-hybridized carbons (Fsp3) is 0.167. The summed E-state index contributed by atoms with van der Waals surface area (Å²) in [6.07, 6.45) is 2.12. The summed E-state index contributed by atoms with van der Waals surface area (Å²) >= 11 is 0. The van der Waals surface area contributed by atoms with E-state index < -0.39 is 20.0 Å². The maximum atomic E-state index is 11.3. The molecule has 0 aliphatic heterocycles. The van der Waals surface area contributed by atoms with Gasteiger partial charge in [0.15, 0.2) is 0 Å². The predicted molar refractivity (Wildman–Crippen MR) is 80.9 cm³/mol. The zero-order valence-corrected chi connectivity index (χ0v) is 12.5. The highest BCUT2D eigenvalue weighted by Crippen LogP contribution is 2.30. The lowest BCUT2D eigenvalue weighted by atomic mass is 10.1. The van der Waals surface area contributed by atoms with Gasteiger partial charge in [-0.3, -0.25) is 9.44 Å². The zero-order chi connectivity index (χ0) is 15.0. The van der Waals surface area contributed by atoms with Crippen LogP contribution in [0.5, 0.6) is 0 Å². The standard InChI is InChI=1S/C12H14N2O4S2/c1-19(15,16)13-11-7-3-6-10-9(11)5-4-8-12(10)14-20(2,17)18/h3-8,13-14H,1-2H3. The van der Waals surface area contributed by atoms with Crippen LogP contribution in [-0.4, -0.2) is 29.3 Å². The highest BCUT2D eigenvalue weighted by Gasteiger charge is 2.10. The topological polar surface area (TPSA) is 92.3 Å². The molecule has 108 valence electrons. The molecular formula is C12H14N2O4S2. The minimum atomic E-state index is -3.41. The third-order valence-corrected chi connectivity index (χ3v) is 3.69. The molecule has 0 aromatic heterocycles. The van der Waals surface area contributed by atoms with Crippen molar-refractivity contribution in [1.29, 1.82) is 0 Å². The molecule has 0 saturated heterocycles. The molecule has 0 atom stereocenters. The van der Waals surface area contributed by atoms with E-state index in [0.29, 0.717) is 22.1 Å². The van der Waals surface area contributed by atoms with E-state index in [2.05, 4.69) is 9.44 Å². The average molecular weight is 314 g/mol. The van der Waals surface area contributed by atoms with Crippen molar-refractivity contribution >= 4 is 42.2 Å². The Hall–Kier alpha value is -1.80. The van der Waals surface area contributed by atoms with Crippen molar-refractivity contribution in [2.45, 2.75) is 0 Å². The molecule has 8 heteroatoms. The van der Waals surface area contributed by atoms with Crippen molar-refractivity contribution in [1.82, 2.24) is 0 Å². The van der Waals surface area contributed by atoms with Crippen LogP contribution in [0, 0.1) is 0 Å². The molecule has 0 unspecified atom stereocenters. The number of rotatable bonds is 4. The van der Waals surface area contributed by atoms with E-state index in [0.717, 1.165) is 12.5 Å². The maximum Gasteiger partial charge on any atom is 0.229 e. The zero-order valence-electron chi connectivity index (χ0n) is 10.9. The van der Waals surface area contributed by atoms with Crippen LogP contribution in [0.3, 0.4) is 0 Å². The van der Waals surface area contributed by atoms with E-state index in [1.165, 1.54) is 0 Å². The number of hydrogen-bond acceptors (Lipinski definition) is 4. The number of hydrogen-bond donors (Lipinski definition) is 2. The molecule has 0 aliphatic carbocycles. The summed E-state index contributed by atoms with van der Waals surface area (Å²) in [6.45, 7) is 0. The Kier molecular flexibility index (Phi) is 3.61. The first-order chi connectivity index (χ1) is 9.16. The van der Waals surface area contributed by atoms with Gasteiger partial charge in [0.1, 0.15) is 0 Å². The van der Waals surface area contributed by atoms with Gasteiger partial charge in [-0.1, -0.05) is 24.3 Å². The van der Waals surface area contributed by atoms with Gasteiger partial charge in [-0.25, -0.2) is 16.8 Å². The van der Waals surface area contributed by atoms with Crippen LogP contribution in [0.1, 0.15) is 0 Å². The van der Waals surface area contributed by atoms with Gasteiger partial charge >= 0.3 is 0 Å². The Balaban J connectivity index is 2.63. The summed E-state index contributed by atoms with van der Waals surface area (Å²) in [4.78, 5) is 0. The molecule has 2 aromatic rings. The summed E-state index contributed by atoms with van der Waals surface area (Å²) in [5.41, 5.74) is 0.810. The Bertz CT molecular complexity index is 785. The van der Waals surface area contributed by atoms with Crippen LogP contribution in [-0.2, 0) is 20.0 Å². The maximum absolute atomic E-state index is 11.3. The second-order valence-electron chi connectivity index (χ2n) is 4.45. The van der Waals surface area contributed by atoms with E-state index in [4.69, 9.17) is 0 Å². The molecule has 0 saturated carbocycles. The largest absolute Gasteiger partial charge is 0.283 e. The first-order valence-corrected chi connectivity index (χ1v) is 9.41. The van der Waals surface area contributed by atoms with Crippen LogP contribution in [0.15, 0.2) is 36.4 Å². The second kappa shape index (κ2) is 4.95. The summed E-state index contributed by atoms with van der Waals surface area (Å²) < 4.78 is 50.2. The van der Waals surface area contributed by atoms with Crippen molar-refractivity contribution in [3.8, 4) is 0 Å². The van der Waals surface area contributed by atoms with Gasteiger partial charge in [-0.2, -0.15) is 0 Å². The molecule has 0 amide bonds. The van der Waals surface area contributed by atoms with Gasteiger partial charge in [-0.15, -0.1) is 0 Å². The lowest BCUT2D eigenvalue weighted by molar-refractivity contribution is 0.605. The molecule has 2 aromatic carbocycles. The molecule has 2 N–H and O–H groups in total. The smallest absolute Gasteiger partial charge is 0.229 e. The highest BCUT2D eigenvalue weighted by atomic mass is 32.2. The van der Waals surface area contributed by atoms with Crippen LogP contribution < -0.4 is 9.44 Å². The van der Waals surface area contributed by atoms with E-state index >= 15 is 0 Å².